The number of hydrogen-bond acceptors (Lipinski definition) is 0. The molecule has 2 heteroatoms. The highest BCUT2D eigenvalue weighted by Gasteiger charge is 2.12. The van der Waals surface area contributed by atoms with E-state index in [1.54, 1.807) is 0 Å². The van der Waals surface area contributed by atoms with Crippen molar-refractivity contribution in [2.75, 3.05) is 0 Å². The summed E-state index contributed by atoms with van der Waals surface area (Å²) in [7, 11) is 0. The molecule has 0 saturated carbocycles. The first-order valence-corrected chi connectivity index (χ1v) is 5.68. The maximum absolute atomic E-state index is 6.09. The molecule has 0 aromatic heterocycles. The molecule has 1 aromatic carbocycles. The third-order valence-electron chi connectivity index (χ3n) is 2.50. The molecule has 0 nitrogen and oxygen atoms in total. The molecule has 0 bridgehead atoms. The summed E-state index contributed by atoms with van der Waals surface area (Å²) in [6.07, 6.45) is 5.53. The van der Waals surface area contributed by atoms with Crippen molar-refractivity contribution in [2.24, 2.45) is 0 Å². The first-order chi connectivity index (χ1) is 6.75. The second-order valence-electron chi connectivity index (χ2n) is 3.61. The van der Waals surface area contributed by atoms with Crippen LogP contribution in [-0.2, 0) is 0 Å². The van der Waals surface area contributed by atoms with Crippen LogP contribution in [0, 0.1) is 0 Å². The van der Waals surface area contributed by atoms with Gasteiger partial charge < -0.3 is 0 Å². The van der Waals surface area contributed by atoms with Crippen LogP contribution in [0.1, 0.15) is 24.8 Å². The monoisotopic (exact) mass is 226 g/mol. The molecule has 1 atom stereocenters. The van der Waals surface area contributed by atoms with Crippen molar-refractivity contribution in [3.05, 3.63) is 40.9 Å². The molecule has 1 aromatic rings. The van der Waals surface area contributed by atoms with Crippen LogP contribution in [0.25, 0.3) is 5.57 Å². The van der Waals surface area contributed by atoms with Gasteiger partial charge in [0.2, 0.25) is 0 Å². The highest BCUT2D eigenvalue weighted by molar-refractivity contribution is 6.30. The number of rotatable bonds is 1. The maximum Gasteiger partial charge on any atom is 0.0522 e. The predicted molar refractivity (Wildman–Crippen MR) is 62.9 cm³/mol. The van der Waals surface area contributed by atoms with Crippen LogP contribution in [0.5, 0.6) is 0 Å². The van der Waals surface area contributed by atoms with Crippen LogP contribution < -0.4 is 0 Å². The van der Waals surface area contributed by atoms with Gasteiger partial charge in [0.15, 0.2) is 0 Å². The van der Waals surface area contributed by atoms with E-state index in [0.717, 1.165) is 17.9 Å². The molecule has 0 heterocycles. The van der Waals surface area contributed by atoms with Gasteiger partial charge in [-0.05, 0) is 42.5 Å². The Bertz CT molecular complexity index is 355. The van der Waals surface area contributed by atoms with Crippen molar-refractivity contribution < 1.29 is 0 Å². The Morgan fingerprint density at radius 1 is 1.29 bits per heavy atom. The highest BCUT2D eigenvalue weighted by Crippen LogP contribution is 2.30. The van der Waals surface area contributed by atoms with Gasteiger partial charge in [-0.2, -0.15) is 0 Å². The summed E-state index contributed by atoms with van der Waals surface area (Å²) in [6.45, 7) is 0. The van der Waals surface area contributed by atoms with E-state index in [1.165, 1.54) is 17.6 Å². The van der Waals surface area contributed by atoms with Crippen molar-refractivity contribution in [3.63, 3.8) is 0 Å². The third-order valence-corrected chi connectivity index (χ3v) is 3.08. The van der Waals surface area contributed by atoms with Crippen molar-refractivity contribution in [3.8, 4) is 0 Å². The molecule has 2 rings (SSSR count). The summed E-state index contributed by atoms with van der Waals surface area (Å²) in [5.74, 6) is 0. The normalized spacial score (nSPS) is 21.9. The maximum atomic E-state index is 6.09. The van der Waals surface area contributed by atoms with Crippen LogP contribution in [0.2, 0.25) is 5.02 Å². The standard InChI is InChI=1S/C12H12Cl2/c13-11-5-1-3-9(7-11)10-4-2-6-12(14)8-10/h1,3,5,7-8,12H,2,4,6H2. The van der Waals surface area contributed by atoms with Crippen LogP contribution in [0.15, 0.2) is 30.3 Å². The SMILES string of the molecule is Clc1cccc(C2=CC(Cl)CCC2)c1. The summed E-state index contributed by atoms with van der Waals surface area (Å²) < 4.78 is 0. The molecule has 1 aliphatic rings. The van der Waals surface area contributed by atoms with E-state index >= 15 is 0 Å². The van der Waals surface area contributed by atoms with E-state index in [9.17, 15) is 0 Å². The van der Waals surface area contributed by atoms with Gasteiger partial charge in [0.05, 0.1) is 5.38 Å². The van der Waals surface area contributed by atoms with Crippen molar-refractivity contribution in [1.29, 1.82) is 0 Å². The molecule has 1 unspecified atom stereocenters. The molecule has 0 radical (unpaired) electrons. The molecule has 0 aliphatic heterocycles. The Kier molecular flexibility index (Phi) is 3.15. The Labute approximate surface area is 94.5 Å². The molecule has 1 aliphatic carbocycles. The van der Waals surface area contributed by atoms with Gasteiger partial charge in [-0.25, -0.2) is 0 Å². The van der Waals surface area contributed by atoms with E-state index in [-0.39, 0.29) is 5.38 Å². The Morgan fingerprint density at radius 3 is 2.86 bits per heavy atom. The first-order valence-electron chi connectivity index (χ1n) is 4.86. The molecule has 74 valence electrons. The van der Waals surface area contributed by atoms with E-state index in [2.05, 4.69) is 12.1 Å². The Hall–Kier alpha value is -0.460. The summed E-state index contributed by atoms with van der Waals surface area (Å²) in [4.78, 5) is 0. The topological polar surface area (TPSA) is 0 Å². The second-order valence-corrected chi connectivity index (χ2v) is 4.61. The Balaban J connectivity index is 2.30. The van der Waals surface area contributed by atoms with Gasteiger partial charge in [-0.3, -0.25) is 0 Å². The lowest BCUT2D eigenvalue weighted by molar-refractivity contribution is 0.747. The number of allylic oxidation sites excluding steroid dienone is 2. The summed E-state index contributed by atoms with van der Waals surface area (Å²) in [6, 6.07) is 7.97. The lowest BCUT2D eigenvalue weighted by atomic mass is 9.93. The van der Waals surface area contributed by atoms with Gasteiger partial charge in [0.1, 0.15) is 0 Å². The van der Waals surface area contributed by atoms with Gasteiger partial charge >= 0.3 is 0 Å². The smallest absolute Gasteiger partial charge is 0.0522 e. The van der Waals surface area contributed by atoms with Gasteiger partial charge in [-0.15, -0.1) is 11.6 Å². The largest absolute Gasteiger partial charge is 0.118 e. The van der Waals surface area contributed by atoms with Crippen LogP contribution in [-0.4, -0.2) is 5.38 Å². The predicted octanol–water partition coefficient (Wildman–Crippen LogP) is 4.51. The van der Waals surface area contributed by atoms with Crippen LogP contribution >= 0.6 is 23.2 Å². The van der Waals surface area contributed by atoms with Crippen molar-refractivity contribution in [2.45, 2.75) is 24.6 Å². The fraction of sp³-hybridized carbons (Fsp3) is 0.333. The number of benzene rings is 1. The minimum Gasteiger partial charge on any atom is -0.118 e. The molecule has 0 N–H and O–H groups in total. The summed E-state index contributed by atoms with van der Waals surface area (Å²) in [5, 5.41) is 0.984. The molecule has 14 heavy (non-hydrogen) atoms. The van der Waals surface area contributed by atoms with Crippen molar-refractivity contribution in [1.82, 2.24) is 0 Å². The van der Waals surface area contributed by atoms with Crippen LogP contribution in [0.4, 0.5) is 0 Å². The van der Waals surface area contributed by atoms with E-state index in [0.29, 0.717) is 0 Å². The van der Waals surface area contributed by atoms with E-state index < -0.39 is 0 Å². The molecule has 0 amide bonds. The molecular formula is C12H12Cl2. The van der Waals surface area contributed by atoms with Gasteiger partial charge in [-0.1, -0.05) is 29.8 Å². The van der Waals surface area contributed by atoms with Gasteiger partial charge in [0.25, 0.3) is 0 Å². The summed E-state index contributed by atoms with van der Waals surface area (Å²) >= 11 is 12.0. The number of alkyl halides is 1. The summed E-state index contributed by atoms with van der Waals surface area (Å²) in [5.41, 5.74) is 2.54. The van der Waals surface area contributed by atoms with E-state index in [4.69, 9.17) is 23.2 Å². The quantitative estimate of drug-likeness (QED) is 0.619. The number of halogens is 2. The minimum absolute atomic E-state index is 0.192. The lowest BCUT2D eigenvalue weighted by Gasteiger charge is -2.16. The third kappa shape index (κ3) is 2.31. The zero-order chi connectivity index (χ0) is 9.97. The van der Waals surface area contributed by atoms with Gasteiger partial charge in [0, 0.05) is 5.02 Å². The zero-order valence-corrected chi connectivity index (χ0v) is 9.35. The minimum atomic E-state index is 0.192. The van der Waals surface area contributed by atoms with E-state index in [1.807, 2.05) is 18.2 Å². The number of hydrogen-bond donors (Lipinski definition) is 0. The first kappa shape index (κ1) is 10.1. The molecule has 0 spiro atoms. The zero-order valence-electron chi connectivity index (χ0n) is 7.84. The molecule has 0 fully saturated rings. The van der Waals surface area contributed by atoms with Crippen molar-refractivity contribution >= 4 is 28.8 Å². The second kappa shape index (κ2) is 4.37. The Morgan fingerprint density at radius 2 is 2.14 bits per heavy atom. The lowest BCUT2D eigenvalue weighted by Crippen LogP contribution is -2.02. The fourth-order valence-corrected chi connectivity index (χ4v) is 2.30. The molecule has 0 saturated heterocycles. The molecular weight excluding hydrogens is 215 g/mol. The van der Waals surface area contributed by atoms with Crippen LogP contribution in [0.3, 0.4) is 0 Å². The average molecular weight is 227 g/mol. The highest BCUT2D eigenvalue weighted by atomic mass is 35.5. The fourth-order valence-electron chi connectivity index (χ4n) is 1.80. The average Bonchev–Trinajstić information content (AvgIpc) is 2.18.